The molecule has 2 aromatic rings. The van der Waals surface area contributed by atoms with E-state index in [4.69, 9.17) is 0 Å². The zero-order valence-corrected chi connectivity index (χ0v) is 11.3. The Balaban J connectivity index is 2.05. The van der Waals surface area contributed by atoms with Gasteiger partial charge in [-0.3, -0.25) is 0 Å². The summed E-state index contributed by atoms with van der Waals surface area (Å²) in [6.45, 7) is 0. The Labute approximate surface area is 120 Å². The van der Waals surface area contributed by atoms with Gasteiger partial charge >= 0.3 is 5.16 Å². The number of rotatable bonds is 3. The maximum Gasteiger partial charge on any atom is 0.364 e. The fraction of sp³-hybridized carbons (Fsp3) is 0.333. The van der Waals surface area contributed by atoms with Crippen LogP contribution in [0, 0.1) is 11.6 Å². The first-order valence-electron chi connectivity index (χ1n) is 6.01. The Morgan fingerprint density at radius 2 is 2.14 bits per heavy atom. The van der Waals surface area contributed by atoms with Crippen LogP contribution in [0.3, 0.4) is 0 Å². The van der Waals surface area contributed by atoms with Gasteiger partial charge in [-0.15, -0.1) is 5.10 Å². The number of hydrogen-bond donors (Lipinski definition) is 0. The predicted octanol–water partition coefficient (Wildman–Crippen LogP) is 2.59. The summed E-state index contributed by atoms with van der Waals surface area (Å²) in [5, 5.41) is 3.43. The number of benzene rings is 1. The third-order valence-corrected chi connectivity index (χ3v) is 4.07. The highest BCUT2D eigenvalue weighted by Crippen LogP contribution is 2.40. The van der Waals surface area contributed by atoms with Crippen LogP contribution >= 0.6 is 0 Å². The molecule has 0 unspecified atom stereocenters. The van der Waals surface area contributed by atoms with Crippen molar-refractivity contribution in [2.45, 2.75) is 23.8 Å². The topological polar surface area (TPSA) is 53.8 Å². The molecule has 2 heterocycles. The molecule has 3 rings (SSSR count). The number of aromatic nitrogens is 3. The molecule has 0 amide bonds. The summed E-state index contributed by atoms with van der Waals surface area (Å²) in [7, 11) is 0. The Hall–Kier alpha value is -1.61. The fourth-order valence-electron chi connectivity index (χ4n) is 2.34. The highest BCUT2D eigenvalue weighted by Gasteiger charge is 2.39. The van der Waals surface area contributed by atoms with Gasteiger partial charge in [0, 0.05) is 12.0 Å². The normalized spacial score (nSPS) is 22.3. The smallest absolute Gasteiger partial charge is 0.364 e. The Morgan fingerprint density at radius 1 is 1.38 bits per heavy atom. The highest BCUT2D eigenvalue weighted by molar-refractivity contribution is 7.91. The molecule has 112 valence electrons. The first-order chi connectivity index (χ1) is 10.0. The molecule has 1 aliphatic heterocycles. The molecular formula is C12H9F4N3OS. The molecule has 4 nitrogen and oxygen atoms in total. The quantitative estimate of drug-likeness (QED) is 0.645. The lowest BCUT2D eigenvalue weighted by Crippen LogP contribution is -2.12. The Bertz CT molecular complexity index is 681. The number of halogens is 4. The largest absolute Gasteiger partial charge is 0.607 e. The van der Waals surface area contributed by atoms with Crippen LogP contribution < -0.4 is 0 Å². The Kier molecular flexibility index (Phi) is 3.62. The molecule has 0 saturated heterocycles. The van der Waals surface area contributed by atoms with Crippen molar-refractivity contribution in [2.75, 3.05) is 6.01 Å². The van der Waals surface area contributed by atoms with Crippen molar-refractivity contribution in [1.29, 1.82) is 0 Å². The van der Waals surface area contributed by atoms with Crippen LogP contribution in [0.25, 0.3) is 0 Å². The third-order valence-electron chi connectivity index (χ3n) is 3.29. The molecule has 21 heavy (non-hydrogen) atoms. The molecule has 0 aliphatic carbocycles. The van der Waals surface area contributed by atoms with Crippen molar-refractivity contribution in [1.82, 2.24) is 14.8 Å². The first-order valence-corrected chi connectivity index (χ1v) is 7.33. The van der Waals surface area contributed by atoms with Crippen molar-refractivity contribution in [3.63, 3.8) is 0 Å². The second-order valence-electron chi connectivity index (χ2n) is 4.51. The fourth-order valence-corrected chi connectivity index (χ4v) is 2.81. The lowest BCUT2D eigenvalue weighted by atomic mass is 10.0. The molecule has 0 saturated carbocycles. The van der Waals surface area contributed by atoms with E-state index in [1.165, 1.54) is 12.1 Å². The van der Waals surface area contributed by atoms with E-state index in [2.05, 4.69) is 10.1 Å². The minimum atomic E-state index is -2.09. The summed E-state index contributed by atoms with van der Waals surface area (Å²) >= 11 is -2.09. The van der Waals surface area contributed by atoms with Gasteiger partial charge in [0.25, 0.3) is 6.01 Å². The zero-order valence-electron chi connectivity index (χ0n) is 10.5. The van der Waals surface area contributed by atoms with E-state index in [1.54, 1.807) is 0 Å². The van der Waals surface area contributed by atoms with Crippen LogP contribution in [-0.2, 0) is 11.2 Å². The monoisotopic (exact) mass is 319 g/mol. The van der Waals surface area contributed by atoms with Crippen LogP contribution in [0.1, 0.15) is 30.0 Å². The molecule has 1 aromatic heterocycles. The van der Waals surface area contributed by atoms with Crippen LogP contribution in [0.4, 0.5) is 17.6 Å². The van der Waals surface area contributed by atoms with Crippen molar-refractivity contribution in [3.8, 4) is 0 Å². The molecule has 0 fully saturated rings. The summed E-state index contributed by atoms with van der Waals surface area (Å²) in [6, 6.07) is 1.48. The molecule has 1 aliphatic rings. The van der Waals surface area contributed by atoms with Gasteiger partial charge in [0.2, 0.25) is 0 Å². The van der Waals surface area contributed by atoms with E-state index in [0.717, 1.165) is 10.7 Å². The average Bonchev–Trinajstić information content (AvgIpc) is 3.02. The van der Waals surface area contributed by atoms with Crippen LogP contribution in [0.5, 0.6) is 0 Å². The third kappa shape index (κ3) is 2.30. The van der Waals surface area contributed by atoms with Crippen molar-refractivity contribution >= 4 is 11.2 Å². The summed E-state index contributed by atoms with van der Waals surface area (Å²) in [5.41, 5.74) is -0.0705. The predicted molar refractivity (Wildman–Crippen MR) is 65.4 cm³/mol. The SMILES string of the molecule is [O-][S@+](CF)c1nc2n(n1)[C@H](c1cccc(F)c1F)C[C@@H]2F. The summed E-state index contributed by atoms with van der Waals surface area (Å²) in [6.07, 6.45) is -1.71. The van der Waals surface area contributed by atoms with Crippen molar-refractivity contribution < 1.29 is 22.1 Å². The maximum absolute atomic E-state index is 13.9. The second kappa shape index (κ2) is 5.30. The zero-order chi connectivity index (χ0) is 15.1. The lowest BCUT2D eigenvalue weighted by Gasteiger charge is -2.12. The van der Waals surface area contributed by atoms with E-state index >= 15 is 0 Å². The molecular weight excluding hydrogens is 310 g/mol. The van der Waals surface area contributed by atoms with Gasteiger partial charge in [0.15, 0.2) is 23.6 Å². The maximum atomic E-state index is 13.9. The number of fused-ring (bicyclic) bond motifs is 1. The minimum Gasteiger partial charge on any atom is -0.607 e. The Morgan fingerprint density at radius 3 is 2.86 bits per heavy atom. The lowest BCUT2D eigenvalue weighted by molar-refractivity contribution is 0.324. The molecule has 0 spiro atoms. The van der Waals surface area contributed by atoms with Crippen molar-refractivity contribution in [3.05, 3.63) is 41.2 Å². The van der Waals surface area contributed by atoms with Crippen LogP contribution in [-0.4, -0.2) is 25.3 Å². The van der Waals surface area contributed by atoms with Gasteiger partial charge in [-0.2, -0.15) is 9.37 Å². The summed E-state index contributed by atoms with van der Waals surface area (Å²) < 4.78 is 65.8. The van der Waals surface area contributed by atoms with Crippen LogP contribution in [0.2, 0.25) is 0 Å². The standard InChI is InChI=1S/C12H9F4N3OS/c13-5-21(20)12-17-11-8(15)4-9(19(11)18-12)6-2-1-3-7(14)10(6)16/h1-3,8-9H,4-5H2/t8-,9-,21+/m0/s1. The highest BCUT2D eigenvalue weighted by atomic mass is 32.2. The number of alkyl halides is 2. The molecule has 3 atom stereocenters. The summed E-state index contributed by atoms with van der Waals surface area (Å²) in [4.78, 5) is 3.69. The van der Waals surface area contributed by atoms with E-state index in [0.29, 0.717) is 0 Å². The van der Waals surface area contributed by atoms with Gasteiger partial charge in [-0.25, -0.2) is 17.9 Å². The van der Waals surface area contributed by atoms with Crippen LogP contribution in [0.15, 0.2) is 23.4 Å². The number of hydrogen-bond acceptors (Lipinski definition) is 3. The summed E-state index contributed by atoms with van der Waals surface area (Å²) in [5.74, 6) is -2.30. The molecule has 0 bridgehead atoms. The number of nitrogens with zero attached hydrogens (tertiary/aromatic N) is 3. The van der Waals surface area contributed by atoms with Gasteiger partial charge < -0.3 is 4.55 Å². The van der Waals surface area contributed by atoms with E-state index in [1.807, 2.05) is 0 Å². The average molecular weight is 319 g/mol. The second-order valence-corrected chi connectivity index (χ2v) is 5.79. The van der Waals surface area contributed by atoms with Gasteiger partial charge in [0.1, 0.15) is 0 Å². The molecule has 0 radical (unpaired) electrons. The van der Waals surface area contributed by atoms with E-state index < -0.39 is 41.0 Å². The van der Waals surface area contributed by atoms with Gasteiger partial charge in [-0.1, -0.05) is 12.1 Å². The van der Waals surface area contributed by atoms with Crippen molar-refractivity contribution in [2.24, 2.45) is 0 Å². The van der Waals surface area contributed by atoms with Gasteiger partial charge in [-0.05, 0) is 6.07 Å². The van der Waals surface area contributed by atoms with Gasteiger partial charge in [0.05, 0.1) is 17.2 Å². The first kappa shape index (κ1) is 14.3. The molecule has 1 aromatic carbocycles. The molecule has 9 heteroatoms. The molecule has 0 N–H and O–H groups in total. The van der Waals surface area contributed by atoms with E-state index in [9.17, 15) is 22.1 Å². The minimum absolute atomic E-state index is 0.0705. The van der Waals surface area contributed by atoms with E-state index in [-0.39, 0.29) is 23.0 Å².